The highest BCUT2D eigenvalue weighted by atomic mass is 35.5. The van der Waals surface area contributed by atoms with Gasteiger partial charge in [-0.05, 0) is 36.2 Å². The molecule has 4 heteroatoms. The van der Waals surface area contributed by atoms with Crippen molar-refractivity contribution in [2.24, 2.45) is 5.73 Å². The first-order valence-electron chi connectivity index (χ1n) is 6.83. The van der Waals surface area contributed by atoms with Crippen LogP contribution in [0.2, 0.25) is 0 Å². The van der Waals surface area contributed by atoms with Crippen molar-refractivity contribution in [3.63, 3.8) is 0 Å². The summed E-state index contributed by atoms with van der Waals surface area (Å²) >= 11 is 0. The number of nitrogens with two attached hydrogens (primary N) is 1. The molecular weight excluding hydrogens is 284 g/mol. The lowest BCUT2D eigenvalue weighted by molar-refractivity contribution is 0.306. The summed E-state index contributed by atoms with van der Waals surface area (Å²) in [5.41, 5.74) is 9.14. The number of benzene rings is 2. The average Bonchev–Trinajstić information content (AvgIpc) is 2.89. The summed E-state index contributed by atoms with van der Waals surface area (Å²) in [6.07, 6.45) is 2.92. The van der Waals surface area contributed by atoms with E-state index in [4.69, 9.17) is 10.5 Å². The topological polar surface area (TPSA) is 51.0 Å². The Bertz CT molecular complexity index is 694. The molecular formula is C17H19ClN2O. The van der Waals surface area contributed by atoms with Crippen molar-refractivity contribution >= 4 is 23.3 Å². The fraction of sp³-hybridized carbons (Fsp3) is 0.176. The van der Waals surface area contributed by atoms with Crippen LogP contribution in [0.15, 0.2) is 54.7 Å². The molecule has 0 saturated heterocycles. The van der Waals surface area contributed by atoms with Gasteiger partial charge in [-0.3, -0.25) is 0 Å². The van der Waals surface area contributed by atoms with Crippen molar-refractivity contribution in [3.8, 4) is 5.75 Å². The molecule has 21 heavy (non-hydrogen) atoms. The zero-order valence-corrected chi connectivity index (χ0v) is 12.5. The van der Waals surface area contributed by atoms with Crippen molar-refractivity contribution < 1.29 is 4.74 Å². The Kier molecular flexibility index (Phi) is 5.26. The van der Waals surface area contributed by atoms with Crippen molar-refractivity contribution in [2.45, 2.75) is 13.0 Å². The van der Waals surface area contributed by atoms with Gasteiger partial charge in [0.1, 0.15) is 12.4 Å². The largest absolute Gasteiger partial charge is 0.489 e. The van der Waals surface area contributed by atoms with Gasteiger partial charge in [0.25, 0.3) is 0 Å². The average molecular weight is 303 g/mol. The summed E-state index contributed by atoms with van der Waals surface area (Å²) in [5, 5.41) is 1.22. The molecule has 3 rings (SSSR count). The van der Waals surface area contributed by atoms with Gasteiger partial charge in [0.05, 0.1) is 0 Å². The number of aromatic nitrogens is 1. The number of rotatable bonds is 5. The van der Waals surface area contributed by atoms with E-state index in [1.165, 1.54) is 16.5 Å². The molecule has 0 unspecified atom stereocenters. The summed E-state index contributed by atoms with van der Waals surface area (Å²) in [6.45, 7) is 1.25. The molecule has 0 saturated carbocycles. The third-order valence-electron chi connectivity index (χ3n) is 3.40. The molecule has 2 aromatic carbocycles. The molecule has 0 radical (unpaired) electrons. The predicted molar refractivity (Wildman–Crippen MR) is 89.1 cm³/mol. The molecule has 0 amide bonds. The fourth-order valence-corrected chi connectivity index (χ4v) is 2.36. The lowest BCUT2D eigenvalue weighted by atomic mass is 10.1. The number of aromatic amines is 1. The summed E-state index contributed by atoms with van der Waals surface area (Å²) < 4.78 is 5.82. The van der Waals surface area contributed by atoms with Crippen LogP contribution in [0.1, 0.15) is 11.1 Å². The highest BCUT2D eigenvalue weighted by Gasteiger charge is 2.04. The third-order valence-corrected chi connectivity index (χ3v) is 3.40. The van der Waals surface area contributed by atoms with Crippen LogP contribution in [0.3, 0.4) is 0 Å². The summed E-state index contributed by atoms with van der Waals surface area (Å²) in [5.74, 6) is 0.877. The van der Waals surface area contributed by atoms with E-state index in [0.717, 1.165) is 17.7 Å². The Morgan fingerprint density at radius 2 is 1.86 bits per heavy atom. The second-order valence-electron chi connectivity index (χ2n) is 4.83. The highest BCUT2D eigenvalue weighted by molar-refractivity contribution is 5.85. The van der Waals surface area contributed by atoms with Gasteiger partial charge in [-0.15, -0.1) is 12.4 Å². The fourth-order valence-electron chi connectivity index (χ4n) is 2.36. The van der Waals surface area contributed by atoms with Gasteiger partial charge in [-0.25, -0.2) is 0 Å². The first-order chi connectivity index (χ1) is 9.86. The lowest BCUT2D eigenvalue weighted by Crippen LogP contribution is -2.01. The van der Waals surface area contributed by atoms with Crippen molar-refractivity contribution in [1.29, 1.82) is 0 Å². The van der Waals surface area contributed by atoms with Crippen LogP contribution in [0, 0.1) is 0 Å². The molecule has 0 aliphatic carbocycles. The molecule has 0 bridgehead atoms. The summed E-state index contributed by atoms with van der Waals surface area (Å²) in [7, 11) is 0. The summed E-state index contributed by atoms with van der Waals surface area (Å²) in [6, 6.07) is 16.3. The van der Waals surface area contributed by atoms with E-state index in [1.807, 2.05) is 36.5 Å². The number of hydrogen-bond donors (Lipinski definition) is 2. The minimum atomic E-state index is 0. The van der Waals surface area contributed by atoms with Gasteiger partial charge in [0.15, 0.2) is 0 Å². The molecule has 3 aromatic rings. The summed E-state index contributed by atoms with van der Waals surface area (Å²) in [4.78, 5) is 3.28. The second-order valence-corrected chi connectivity index (χ2v) is 4.83. The Hall–Kier alpha value is -1.97. The van der Waals surface area contributed by atoms with Crippen molar-refractivity contribution in [3.05, 3.63) is 65.9 Å². The van der Waals surface area contributed by atoms with E-state index in [9.17, 15) is 0 Å². The Morgan fingerprint density at radius 3 is 2.62 bits per heavy atom. The van der Waals surface area contributed by atoms with E-state index in [1.54, 1.807) is 0 Å². The molecule has 1 aromatic heterocycles. The molecule has 0 aliphatic heterocycles. The van der Waals surface area contributed by atoms with Gasteiger partial charge in [0.2, 0.25) is 0 Å². The molecule has 1 heterocycles. The normalized spacial score (nSPS) is 10.3. The number of H-pyrrole nitrogens is 1. The zero-order chi connectivity index (χ0) is 13.8. The van der Waals surface area contributed by atoms with Crippen molar-refractivity contribution in [2.75, 3.05) is 6.54 Å². The maximum Gasteiger partial charge on any atom is 0.121 e. The second kappa shape index (κ2) is 7.16. The predicted octanol–water partition coefficient (Wildman–Crippen LogP) is 3.67. The molecule has 0 fully saturated rings. The first-order valence-corrected chi connectivity index (χ1v) is 6.83. The van der Waals surface area contributed by atoms with Gasteiger partial charge in [-0.2, -0.15) is 0 Å². The number of nitrogens with one attached hydrogen (secondary N) is 1. The lowest BCUT2D eigenvalue weighted by Gasteiger charge is -2.06. The Morgan fingerprint density at radius 1 is 1.05 bits per heavy atom. The first kappa shape index (κ1) is 15.4. The van der Waals surface area contributed by atoms with Gasteiger partial charge < -0.3 is 15.5 Å². The third kappa shape index (κ3) is 3.57. The SMILES string of the molecule is Cl.NCCc1c[nH]c2cc(OCc3ccccc3)ccc12. The minimum absolute atomic E-state index is 0. The zero-order valence-electron chi connectivity index (χ0n) is 11.7. The van der Waals surface area contributed by atoms with Crippen LogP contribution in [-0.2, 0) is 13.0 Å². The number of fused-ring (bicyclic) bond motifs is 1. The Labute approximate surface area is 130 Å². The van der Waals surface area contributed by atoms with Crippen LogP contribution in [0.4, 0.5) is 0 Å². The smallest absolute Gasteiger partial charge is 0.121 e. The Balaban J connectivity index is 0.00000161. The number of ether oxygens (including phenoxy) is 1. The van der Waals surface area contributed by atoms with Crippen LogP contribution >= 0.6 is 12.4 Å². The molecule has 3 N–H and O–H groups in total. The molecule has 110 valence electrons. The number of halogens is 1. The monoisotopic (exact) mass is 302 g/mol. The molecule has 0 aliphatic rings. The maximum atomic E-state index is 5.82. The van der Waals surface area contributed by atoms with E-state index in [-0.39, 0.29) is 12.4 Å². The minimum Gasteiger partial charge on any atom is -0.489 e. The van der Waals surface area contributed by atoms with Crippen molar-refractivity contribution in [1.82, 2.24) is 4.98 Å². The van der Waals surface area contributed by atoms with E-state index in [2.05, 4.69) is 23.2 Å². The van der Waals surface area contributed by atoms with E-state index in [0.29, 0.717) is 13.2 Å². The highest BCUT2D eigenvalue weighted by Crippen LogP contribution is 2.24. The van der Waals surface area contributed by atoms with Gasteiger partial charge in [0, 0.05) is 23.2 Å². The molecule has 3 nitrogen and oxygen atoms in total. The van der Waals surface area contributed by atoms with Crippen LogP contribution in [0.5, 0.6) is 5.75 Å². The standard InChI is InChI=1S/C17H18N2O.ClH/c18-9-8-14-11-19-17-10-15(6-7-16(14)17)20-12-13-4-2-1-3-5-13;/h1-7,10-11,19H,8-9,12,18H2;1H. The van der Waals surface area contributed by atoms with Crippen LogP contribution < -0.4 is 10.5 Å². The van der Waals surface area contributed by atoms with Gasteiger partial charge >= 0.3 is 0 Å². The van der Waals surface area contributed by atoms with Crippen LogP contribution in [-0.4, -0.2) is 11.5 Å². The van der Waals surface area contributed by atoms with E-state index >= 15 is 0 Å². The van der Waals surface area contributed by atoms with Crippen LogP contribution in [0.25, 0.3) is 10.9 Å². The molecule has 0 atom stereocenters. The van der Waals surface area contributed by atoms with Gasteiger partial charge in [-0.1, -0.05) is 30.3 Å². The number of hydrogen-bond acceptors (Lipinski definition) is 2. The quantitative estimate of drug-likeness (QED) is 0.755. The maximum absolute atomic E-state index is 5.82. The molecule has 0 spiro atoms. The van der Waals surface area contributed by atoms with E-state index < -0.39 is 0 Å².